The summed E-state index contributed by atoms with van der Waals surface area (Å²) in [5, 5.41) is 14.8. The molecule has 2 rings (SSSR count). The van der Waals surface area contributed by atoms with Gasteiger partial charge in [-0.3, -0.25) is 0 Å². The SMILES string of the molecule is CC(C)CNc1nncc(Nc2c(C(C)C)cccc2C(C)C)n1. The van der Waals surface area contributed by atoms with Crippen LogP contribution in [-0.4, -0.2) is 21.7 Å². The average molecular weight is 327 g/mol. The van der Waals surface area contributed by atoms with Crippen LogP contribution in [0.2, 0.25) is 0 Å². The van der Waals surface area contributed by atoms with Crippen LogP contribution in [0.1, 0.15) is 64.5 Å². The Morgan fingerprint density at radius 1 is 0.958 bits per heavy atom. The van der Waals surface area contributed by atoms with Crippen molar-refractivity contribution >= 4 is 17.5 Å². The first-order valence-electron chi connectivity index (χ1n) is 8.71. The highest BCUT2D eigenvalue weighted by atomic mass is 15.3. The Kier molecular flexibility index (Phi) is 6.12. The number of hydrogen-bond donors (Lipinski definition) is 2. The number of anilines is 3. The standard InChI is InChI=1S/C19H29N5/c1-12(2)10-20-19-23-17(11-21-24-19)22-18-15(13(3)4)8-7-9-16(18)14(5)6/h7-9,11-14H,10H2,1-6H3,(H2,20,22,23,24). The minimum atomic E-state index is 0.430. The number of hydrogen-bond acceptors (Lipinski definition) is 5. The Morgan fingerprint density at radius 2 is 1.58 bits per heavy atom. The van der Waals surface area contributed by atoms with Crippen molar-refractivity contribution in [2.24, 2.45) is 5.92 Å². The molecule has 0 unspecified atom stereocenters. The predicted octanol–water partition coefficient (Wildman–Crippen LogP) is 4.93. The van der Waals surface area contributed by atoms with Crippen molar-refractivity contribution < 1.29 is 0 Å². The van der Waals surface area contributed by atoms with Gasteiger partial charge in [-0.1, -0.05) is 59.7 Å². The van der Waals surface area contributed by atoms with E-state index in [1.807, 2.05) is 0 Å². The summed E-state index contributed by atoms with van der Waals surface area (Å²) in [5.74, 6) is 2.66. The third kappa shape index (κ3) is 4.66. The second-order valence-electron chi connectivity index (χ2n) is 7.19. The lowest BCUT2D eigenvalue weighted by Gasteiger charge is -2.20. The molecule has 0 aliphatic heterocycles. The van der Waals surface area contributed by atoms with Gasteiger partial charge in [0.2, 0.25) is 5.95 Å². The van der Waals surface area contributed by atoms with Gasteiger partial charge in [0.15, 0.2) is 5.82 Å². The quantitative estimate of drug-likeness (QED) is 0.755. The molecule has 2 N–H and O–H groups in total. The number of aromatic nitrogens is 3. The van der Waals surface area contributed by atoms with Crippen molar-refractivity contribution in [2.45, 2.75) is 53.4 Å². The number of nitrogens with zero attached hydrogens (tertiary/aromatic N) is 3. The first-order chi connectivity index (χ1) is 11.4. The van der Waals surface area contributed by atoms with Crippen LogP contribution in [0.15, 0.2) is 24.4 Å². The van der Waals surface area contributed by atoms with Crippen LogP contribution in [-0.2, 0) is 0 Å². The molecule has 5 heteroatoms. The first kappa shape index (κ1) is 18.2. The molecule has 0 saturated carbocycles. The molecule has 0 radical (unpaired) electrons. The zero-order valence-electron chi connectivity index (χ0n) is 15.6. The number of rotatable bonds is 7. The molecule has 130 valence electrons. The summed E-state index contributed by atoms with van der Waals surface area (Å²) in [5.41, 5.74) is 3.71. The van der Waals surface area contributed by atoms with Gasteiger partial charge in [-0.15, -0.1) is 5.10 Å². The van der Waals surface area contributed by atoms with Crippen LogP contribution in [0.3, 0.4) is 0 Å². The van der Waals surface area contributed by atoms with Crippen molar-refractivity contribution in [1.82, 2.24) is 15.2 Å². The molecule has 0 bridgehead atoms. The topological polar surface area (TPSA) is 62.7 Å². The molecule has 0 aliphatic rings. The van der Waals surface area contributed by atoms with Crippen molar-refractivity contribution in [3.05, 3.63) is 35.5 Å². The average Bonchev–Trinajstić information content (AvgIpc) is 2.53. The van der Waals surface area contributed by atoms with Gasteiger partial charge in [0, 0.05) is 12.2 Å². The van der Waals surface area contributed by atoms with E-state index in [0.29, 0.717) is 29.5 Å². The summed E-state index contributed by atoms with van der Waals surface area (Å²) >= 11 is 0. The lowest BCUT2D eigenvalue weighted by molar-refractivity contribution is 0.682. The monoisotopic (exact) mass is 327 g/mol. The molecule has 24 heavy (non-hydrogen) atoms. The molecule has 0 aliphatic carbocycles. The second kappa shape index (κ2) is 8.08. The van der Waals surface area contributed by atoms with E-state index < -0.39 is 0 Å². The number of para-hydroxylation sites is 1. The summed E-state index contributed by atoms with van der Waals surface area (Å²) in [6.07, 6.45) is 1.67. The van der Waals surface area contributed by atoms with Crippen LogP contribution >= 0.6 is 0 Å². The van der Waals surface area contributed by atoms with Gasteiger partial charge < -0.3 is 10.6 Å². The van der Waals surface area contributed by atoms with Crippen molar-refractivity contribution in [3.63, 3.8) is 0 Å². The van der Waals surface area contributed by atoms with E-state index in [-0.39, 0.29) is 0 Å². The maximum absolute atomic E-state index is 4.55. The summed E-state index contributed by atoms with van der Waals surface area (Å²) in [6, 6.07) is 6.47. The largest absolute Gasteiger partial charge is 0.353 e. The van der Waals surface area contributed by atoms with Gasteiger partial charge in [0.25, 0.3) is 0 Å². The fourth-order valence-electron chi connectivity index (χ4n) is 2.56. The van der Waals surface area contributed by atoms with Crippen LogP contribution in [0, 0.1) is 5.92 Å². The fraction of sp³-hybridized carbons (Fsp3) is 0.526. The third-order valence-electron chi connectivity index (χ3n) is 3.85. The molecule has 1 aromatic heterocycles. The Balaban J connectivity index is 2.32. The maximum atomic E-state index is 4.55. The van der Waals surface area contributed by atoms with Gasteiger partial charge in [0.1, 0.15) is 0 Å². The molecule has 5 nitrogen and oxygen atoms in total. The lowest BCUT2D eigenvalue weighted by atomic mass is 9.92. The van der Waals surface area contributed by atoms with E-state index in [1.54, 1.807) is 6.20 Å². The van der Waals surface area contributed by atoms with Crippen LogP contribution in [0.5, 0.6) is 0 Å². The van der Waals surface area contributed by atoms with Crippen LogP contribution in [0.25, 0.3) is 0 Å². The Labute approximate surface area is 145 Å². The Bertz CT molecular complexity index is 638. The zero-order chi connectivity index (χ0) is 17.7. The smallest absolute Gasteiger partial charge is 0.244 e. The summed E-state index contributed by atoms with van der Waals surface area (Å²) in [7, 11) is 0. The fourth-order valence-corrected chi connectivity index (χ4v) is 2.56. The second-order valence-corrected chi connectivity index (χ2v) is 7.19. The minimum Gasteiger partial charge on any atom is -0.353 e. The molecule has 1 aromatic carbocycles. The Hall–Kier alpha value is -2.17. The molecular formula is C19H29N5. The van der Waals surface area contributed by atoms with Gasteiger partial charge in [-0.2, -0.15) is 10.1 Å². The zero-order valence-corrected chi connectivity index (χ0v) is 15.6. The van der Waals surface area contributed by atoms with E-state index >= 15 is 0 Å². The van der Waals surface area contributed by atoms with Crippen molar-refractivity contribution in [2.75, 3.05) is 17.2 Å². The summed E-state index contributed by atoms with van der Waals surface area (Å²) in [4.78, 5) is 4.55. The van der Waals surface area contributed by atoms with Gasteiger partial charge in [-0.25, -0.2) is 0 Å². The number of nitrogens with one attached hydrogen (secondary N) is 2. The lowest BCUT2D eigenvalue weighted by Crippen LogP contribution is -2.12. The van der Waals surface area contributed by atoms with E-state index in [2.05, 4.69) is 85.6 Å². The van der Waals surface area contributed by atoms with Gasteiger partial charge >= 0.3 is 0 Å². The highest BCUT2D eigenvalue weighted by molar-refractivity contribution is 5.66. The van der Waals surface area contributed by atoms with E-state index in [0.717, 1.165) is 12.2 Å². The highest BCUT2D eigenvalue weighted by Gasteiger charge is 2.14. The molecule has 1 heterocycles. The first-order valence-corrected chi connectivity index (χ1v) is 8.71. The van der Waals surface area contributed by atoms with E-state index in [1.165, 1.54) is 11.1 Å². The van der Waals surface area contributed by atoms with Gasteiger partial charge in [0.05, 0.1) is 6.20 Å². The molecule has 0 fully saturated rings. The normalized spacial score (nSPS) is 11.4. The van der Waals surface area contributed by atoms with E-state index in [4.69, 9.17) is 0 Å². The molecule has 0 saturated heterocycles. The van der Waals surface area contributed by atoms with Crippen molar-refractivity contribution in [1.29, 1.82) is 0 Å². The minimum absolute atomic E-state index is 0.430. The van der Waals surface area contributed by atoms with Gasteiger partial charge in [-0.05, 0) is 28.9 Å². The summed E-state index contributed by atoms with van der Waals surface area (Å²) in [6.45, 7) is 13.9. The van der Waals surface area contributed by atoms with E-state index in [9.17, 15) is 0 Å². The Morgan fingerprint density at radius 3 is 2.12 bits per heavy atom. The van der Waals surface area contributed by atoms with Crippen LogP contribution < -0.4 is 10.6 Å². The summed E-state index contributed by atoms with van der Waals surface area (Å²) < 4.78 is 0. The third-order valence-corrected chi connectivity index (χ3v) is 3.85. The number of benzene rings is 1. The van der Waals surface area contributed by atoms with Crippen LogP contribution in [0.4, 0.5) is 17.5 Å². The molecule has 2 aromatic rings. The molecule has 0 amide bonds. The molecule has 0 spiro atoms. The van der Waals surface area contributed by atoms with Crippen molar-refractivity contribution in [3.8, 4) is 0 Å². The molecule has 0 atom stereocenters. The highest BCUT2D eigenvalue weighted by Crippen LogP contribution is 2.34. The maximum Gasteiger partial charge on any atom is 0.244 e. The predicted molar refractivity (Wildman–Crippen MR) is 101 cm³/mol. The molecular weight excluding hydrogens is 298 g/mol.